The number of carboxylic acids is 1. The highest BCUT2D eigenvalue weighted by Crippen LogP contribution is 2.45. The second-order valence-corrected chi connectivity index (χ2v) is 6.29. The number of hydrogen-bond acceptors (Lipinski definition) is 4. The molecule has 114 valence electrons. The zero-order valence-corrected chi connectivity index (χ0v) is 12.5. The first-order valence-electron chi connectivity index (χ1n) is 7.14. The minimum atomic E-state index is -0.755. The number of carbonyl (C=O) groups is 2. The molecule has 0 spiro atoms. The third-order valence-corrected chi connectivity index (χ3v) is 4.90. The Hall–Kier alpha value is -1.98. The van der Waals surface area contributed by atoms with E-state index in [-0.39, 0.29) is 29.2 Å². The van der Waals surface area contributed by atoms with E-state index in [0.29, 0.717) is 18.4 Å². The highest BCUT2D eigenvalue weighted by molar-refractivity contribution is 5.93. The van der Waals surface area contributed by atoms with Crippen LogP contribution in [-0.4, -0.2) is 33.2 Å². The van der Waals surface area contributed by atoms with Gasteiger partial charge in [-0.1, -0.05) is 20.8 Å². The topological polar surface area (TPSA) is 92.2 Å². The first-order chi connectivity index (χ1) is 9.84. The van der Waals surface area contributed by atoms with Gasteiger partial charge in [0.25, 0.3) is 5.91 Å². The lowest BCUT2D eigenvalue weighted by Gasteiger charge is -2.46. The molecule has 1 aliphatic carbocycles. The van der Waals surface area contributed by atoms with Crippen molar-refractivity contribution < 1.29 is 14.7 Å². The molecule has 1 fully saturated rings. The van der Waals surface area contributed by atoms with Gasteiger partial charge < -0.3 is 10.4 Å². The van der Waals surface area contributed by atoms with Crippen molar-refractivity contribution in [3.63, 3.8) is 0 Å². The lowest BCUT2D eigenvalue weighted by Crippen LogP contribution is -2.52. The van der Waals surface area contributed by atoms with Crippen molar-refractivity contribution in [1.82, 2.24) is 15.5 Å². The molecule has 0 saturated heterocycles. The number of carbonyl (C=O) groups excluding carboxylic acids is 1. The molecule has 1 aromatic heterocycles. The van der Waals surface area contributed by atoms with Crippen LogP contribution in [0.4, 0.5) is 0 Å². The molecular formula is C15H21N3O3. The standard InChI is InChI=1S/C15H21N3O3/c1-9-12(5-4-11(14(20)21)15(9,2)3)18-13(19)10-6-7-16-17-8-10/h6-9,11-12H,4-5H2,1-3H3,(H,18,19)(H,20,21). The number of carboxylic acid groups (broad SMARTS) is 1. The molecule has 0 aromatic carbocycles. The average molecular weight is 291 g/mol. The number of rotatable bonds is 3. The number of aliphatic carboxylic acids is 1. The van der Waals surface area contributed by atoms with E-state index in [4.69, 9.17) is 0 Å². The Kier molecular flexibility index (Phi) is 4.25. The normalized spacial score (nSPS) is 27.9. The van der Waals surface area contributed by atoms with Gasteiger partial charge >= 0.3 is 5.97 Å². The number of aromatic nitrogens is 2. The van der Waals surface area contributed by atoms with E-state index in [1.165, 1.54) is 12.4 Å². The predicted octanol–water partition coefficient (Wildman–Crippen LogP) is 1.73. The Labute approximate surface area is 124 Å². The number of amides is 1. The molecule has 3 unspecified atom stereocenters. The Morgan fingerprint density at radius 1 is 1.33 bits per heavy atom. The molecule has 1 aromatic rings. The van der Waals surface area contributed by atoms with Gasteiger partial charge in [0.2, 0.25) is 0 Å². The fourth-order valence-electron chi connectivity index (χ4n) is 3.12. The molecule has 1 saturated carbocycles. The van der Waals surface area contributed by atoms with Gasteiger partial charge in [-0.3, -0.25) is 9.59 Å². The Morgan fingerprint density at radius 3 is 2.62 bits per heavy atom. The van der Waals surface area contributed by atoms with Gasteiger partial charge in [0.05, 0.1) is 23.9 Å². The Balaban J connectivity index is 2.09. The maximum atomic E-state index is 12.2. The molecule has 1 amide bonds. The van der Waals surface area contributed by atoms with Gasteiger partial charge in [-0.25, -0.2) is 0 Å². The van der Waals surface area contributed by atoms with E-state index >= 15 is 0 Å². The Bertz CT molecular complexity index is 530. The summed E-state index contributed by atoms with van der Waals surface area (Å²) in [6.45, 7) is 5.93. The molecule has 3 atom stereocenters. The maximum Gasteiger partial charge on any atom is 0.307 e. The molecule has 6 nitrogen and oxygen atoms in total. The minimum Gasteiger partial charge on any atom is -0.481 e. The summed E-state index contributed by atoms with van der Waals surface area (Å²) in [5.74, 6) is -1.24. The number of nitrogens with one attached hydrogen (secondary N) is 1. The van der Waals surface area contributed by atoms with Gasteiger partial charge in [0.1, 0.15) is 0 Å². The van der Waals surface area contributed by atoms with Gasteiger partial charge in [-0.2, -0.15) is 10.2 Å². The summed E-state index contributed by atoms with van der Waals surface area (Å²) in [6, 6.07) is 1.58. The summed E-state index contributed by atoms with van der Waals surface area (Å²) >= 11 is 0. The SMILES string of the molecule is CC1C(NC(=O)c2ccnnc2)CCC(C(=O)O)C1(C)C. The van der Waals surface area contributed by atoms with Gasteiger partial charge in [0.15, 0.2) is 0 Å². The third kappa shape index (κ3) is 3.04. The van der Waals surface area contributed by atoms with E-state index in [0.717, 1.165) is 0 Å². The van der Waals surface area contributed by atoms with Crippen LogP contribution < -0.4 is 5.32 Å². The summed E-state index contributed by atoms with van der Waals surface area (Å²) in [7, 11) is 0. The van der Waals surface area contributed by atoms with Crippen molar-refractivity contribution >= 4 is 11.9 Å². The predicted molar refractivity (Wildman–Crippen MR) is 76.6 cm³/mol. The molecule has 0 radical (unpaired) electrons. The van der Waals surface area contributed by atoms with Gasteiger partial charge in [-0.15, -0.1) is 0 Å². The minimum absolute atomic E-state index is 0.0312. The second kappa shape index (κ2) is 5.79. The van der Waals surface area contributed by atoms with Crippen molar-refractivity contribution in [3.8, 4) is 0 Å². The molecule has 1 aliphatic rings. The molecule has 21 heavy (non-hydrogen) atoms. The molecule has 1 heterocycles. The van der Waals surface area contributed by atoms with Crippen LogP contribution in [0.25, 0.3) is 0 Å². The van der Waals surface area contributed by atoms with Crippen LogP contribution in [0.5, 0.6) is 0 Å². The van der Waals surface area contributed by atoms with E-state index < -0.39 is 5.97 Å². The summed E-state index contributed by atoms with van der Waals surface area (Å²) in [4.78, 5) is 23.6. The zero-order valence-electron chi connectivity index (χ0n) is 12.5. The molecular weight excluding hydrogens is 270 g/mol. The molecule has 2 N–H and O–H groups in total. The van der Waals surface area contributed by atoms with Crippen LogP contribution in [-0.2, 0) is 4.79 Å². The largest absolute Gasteiger partial charge is 0.481 e. The lowest BCUT2D eigenvalue weighted by atomic mass is 9.61. The summed E-state index contributed by atoms with van der Waals surface area (Å²) in [5.41, 5.74) is 0.105. The van der Waals surface area contributed by atoms with Crippen molar-refractivity contribution in [2.45, 2.75) is 39.7 Å². The van der Waals surface area contributed by atoms with Crippen molar-refractivity contribution in [2.24, 2.45) is 17.3 Å². The van der Waals surface area contributed by atoms with Crippen LogP contribution >= 0.6 is 0 Å². The van der Waals surface area contributed by atoms with E-state index in [1.54, 1.807) is 6.07 Å². The fourth-order valence-corrected chi connectivity index (χ4v) is 3.12. The van der Waals surface area contributed by atoms with Crippen LogP contribution in [0, 0.1) is 17.3 Å². The fraction of sp³-hybridized carbons (Fsp3) is 0.600. The van der Waals surface area contributed by atoms with Crippen LogP contribution in [0.3, 0.4) is 0 Å². The molecule has 0 bridgehead atoms. The van der Waals surface area contributed by atoms with Gasteiger partial charge in [0, 0.05) is 6.04 Å². The smallest absolute Gasteiger partial charge is 0.307 e. The monoisotopic (exact) mass is 291 g/mol. The highest BCUT2D eigenvalue weighted by Gasteiger charge is 2.46. The third-order valence-electron chi connectivity index (χ3n) is 4.90. The van der Waals surface area contributed by atoms with Crippen LogP contribution in [0.1, 0.15) is 44.0 Å². The number of nitrogens with zero attached hydrogens (tertiary/aromatic N) is 2. The summed E-state index contributed by atoms with van der Waals surface area (Å²) < 4.78 is 0. The first-order valence-corrected chi connectivity index (χ1v) is 7.14. The molecule has 0 aliphatic heterocycles. The summed E-state index contributed by atoms with van der Waals surface area (Å²) in [5, 5.41) is 19.7. The lowest BCUT2D eigenvalue weighted by molar-refractivity contribution is -0.150. The number of hydrogen-bond donors (Lipinski definition) is 2. The first kappa shape index (κ1) is 15.4. The van der Waals surface area contributed by atoms with Crippen molar-refractivity contribution in [2.75, 3.05) is 0 Å². The van der Waals surface area contributed by atoms with Crippen molar-refractivity contribution in [3.05, 3.63) is 24.0 Å². The van der Waals surface area contributed by atoms with E-state index in [2.05, 4.69) is 15.5 Å². The van der Waals surface area contributed by atoms with E-state index in [1.807, 2.05) is 20.8 Å². The molecule has 6 heteroatoms. The van der Waals surface area contributed by atoms with Crippen molar-refractivity contribution in [1.29, 1.82) is 0 Å². The molecule has 2 rings (SSSR count). The second-order valence-electron chi connectivity index (χ2n) is 6.29. The Morgan fingerprint density at radius 2 is 2.05 bits per heavy atom. The summed E-state index contributed by atoms with van der Waals surface area (Å²) in [6.07, 6.45) is 4.15. The van der Waals surface area contributed by atoms with Crippen LogP contribution in [0.2, 0.25) is 0 Å². The van der Waals surface area contributed by atoms with Crippen LogP contribution in [0.15, 0.2) is 18.5 Å². The van der Waals surface area contributed by atoms with E-state index in [9.17, 15) is 14.7 Å². The van der Waals surface area contributed by atoms with Gasteiger partial charge in [-0.05, 0) is 30.2 Å². The average Bonchev–Trinajstić information content (AvgIpc) is 2.44. The maximum absolute atomic E-state index is 12.2. The zero-order chi connectivity index (χ0) is 15.6. The highest BCUT2D eigenvalue weighted by atomic mass is 16.4. The quantitative estimate of drug-likeness (QED) is 0.884.